The predicted molar refractivity (Wildman–Crippen MR) is 53.2 cm³/mol. The van der Waals surface area contributed by atoms with Gasteiger partial charge in [0.1, 0.15) is 0 Å². The molecule has 2 nitrogen and oxygen atoms in total. The number of nitrogens with zero attached hydrogens (tertiary/aromatic N) is 2. The highest BCUT2D eigenvalue weighted by Crippen LogP contribution is 2.33. The maximum atomic E-state index is 2.62. The van der Waals surface area contributed by atoms with Gasteiger partial charge in [-0.15, -0.1) is 0 Å². The molecule has 0 radical (unpaired) electrons. The summed E-state index contributed by atoms with van der Waals surface area (Å²) in [5, 5.41) is 5.25. The first-order chi connectivity index (χ1) is 6.42. The maximum absolute atomic E-state index is 2.62. The fourth-order valence-electron chi connectivity index (χ4n) is 3.35. The summed E-state index contributed by atoms with van der Waals surface area (Å²) in [6.45, 7) is 5.38. The molecule has 0 atom stereocenters. The monoisotopic (exact) mass is 180 g/mol. The molecule has 4 bridgehead atoms. The van der Waals surface area contributed by atoms with Crippen LogP contribution in [0.1, 0.15) is 32.1 Å². The Bertz CT molecular complexity index is 157. The summed E-state index contributed by atoms with van der Waals surface area (Å²) in [6.07, 6.45) is 7.40. The average Bonchev–Trinajstić information content (AvgIpc) is 2.39. The zero-order valence-corrected chi connectivity index (χ0v) is 8.41. The molecule has 13 heavy (non-hydrogen) atoms. The maximum Gasteiger partial charge on any atom is 0.0136 e. The molecule has 6 heterocycles. The molecule has 0 amide bonds. The van der Waals surface area contributed by atoms with E-state index in [0.717, 1.165) is 11.8 Å². The van der Waals surface area contributed by atoms with Gasteiger partial charge in [0, 0.05) is 26.2 Å². The number of hydrazine groups is 1. The highest BCUT2D eigenvalue weighted by molar-refractivity contribution is 4.81. The molecule has 6 saturated heterocycles. The van der Waals surface area contributed by atoms with Crippen molar-refractivity contribution in [2.45, 2.75) is 32.1 Å². The van der Waals surface area contributed by atoms with Crippen LogP contribution in [-0.2, 0) is 0 Å². The van der Waals surface area contributed by atoms with Crippen molar-refractivity contribution in [2.24, 2.45) is 11.8 Å². The van der Waals surface area contributed by atoms with Crippen molar-refractivity contribution in [1.29, 1.82) is 0 Å². The topological polar surface area (TPSA) is 6.48 Å². The average molecular weight is 180 g/mol. The lowest BCUT2D eigenvalue weighted by molar-refractivity contribution is -0.0536. The number of rotatable bonds is 0. The molecule has 0 aromatic heterocycles. The minimum atomic E-state index is 1.07. The van der Waals surface area contributed by atoms with Crippen LogP contribution in [0.4, 0.5) is 0 Å². The summed E-state index contributed by atoms with van der Waals surface area (Å²) >= 11 is 0. The van der Waals surface area contributed by atoms with Gasteiger partial charge in [0.2, 0.25) is 0 Å². The summed E-state index contributed by atoms with van der Waals surface area (Å²) in [7, 11) is 0. The Kier molecular flexibility index (Phi) is 2.06. The molecule has 74 valence electrons. The van der Waals surface area contributed by atoms with Gasteiger partial charge in [-0.05, 0) is 43.9 Å². The molecular weight excluding hydrogens is 160 g/mol. The van der Waals surface area contributed by atoms with E-state index in [2.05, 4.69) is 10.0 Å². The Labute approximate surface area is 80.9 Å². The predicted octanol–water partition coefficient (Wildman–Crippen LogP) is 1.73. The molecule has 0 aliphatic carbocycles. The number of piperidine rings is 2. The van der Waals surface area contributed by atoms with Crippen LogP contribution < -0.4 is 0 Å². The molecule has 2 heteroatoms. The lowest BCUT2D eigenvalue weighted by Crippen LogP contribution is -2.48. The molecule has 0 N–H and O–H groups in total. The summed E-state index contributed by atoms with van der Waals surface area (Å²) in [5.74, 6) is 2.14. The van der Waals surface area contributed by atoms with Gasteiger partial charge in [0.25, 0.3) is 0 Å². The third-order valence-electron chi connectivity index (χ3n) is 4.25. The summed E-state index contributed by atoms with van der Waals surface area (Å²) in [4.78, 5) is 0. The molecule has 6 aliphatic rings. The number of hydrogen-bond donors (Lipinski definition) is 0. The molecule has 6 rings (SSSR count). The van der Waals surface area contributed by atoms with E-state index in [1.54, 1.807) is 6.42 Å². The molecule has 0 unspecified atom stereocenters. The van der Waals surface area contributed by atoms with Crippen molar-refractivity contribution in [3.63, 3.8) is 0 Å². The summed E-state index contributed by atoms with van der Waals surface area (Å²) in [5.41, 5.74) is 0. The van der Waals surface area contributed by atoms with Crippen LogP contribution >= 0.6 is 0 Å². The van der Waals surface area contributed by atoms with Gasteiger partial charge < -0.3 is 0 Å². The van der Waals surface area contributed by atoms with Gasteiger partial charge in [0.15, 0.2) is 0 Å². The normalized spacial score (nSPS) is 49.8. The van der Waals surface area contributed by atoms with Gasteiger partial charge in [-0.1, -0.05) is 0 Å². The Hall–Kier alpha value is -0.0800. The lowest BCUT2D eigenvalue weighted by atomic mass is 9.84. The van der Waals surface area contributed by atoms with E-state index < -0.39 is 0 Å². The van der Waals surface area contributed by atoms with Gasteiger partial charge >= 0.3 is 0 Å². The van der Waals surface area contributed by atoms with Crippen LogP contribution in [0.15, 0.2) is 0 Å². The van der Waals surface area contributed by atoms with Crippen LogP contribution in [0.25, 0.3) is 0 Å². The van der Waals surface area contributed by atoms with Gasteiger partial charge in [-0.2, -0.15) is 0 Å². The molecule has 0 aromatic carbocycles. The van der Waals surface area contributed by atoms with Gasteiger partial charge in [-0.25, -0.2) is 10.0 Å². The van der Waals surface area contributed by atoms with E-state index >= 15 is 0 Å². The van der Waals surface area contributed by atoms with Crippen LogP contribution in [-0.4, -0.2) is 36.2 Å². The van der Waals surface area contributed by atoms with E-state index in [1.165, 1.54) is 51.9 Å². The minimum absolute atomic E-state index is 1.07. The second-order valence-electron chi connectivity index (χ2n) is 5.03. The standard InChI is InChI=1S/C11H20N2/c1-5-12-6-2-10(1)9-11-3-7-13(12)8-4-11/h10-11H,1-9H2. The molecule has 6 aliphatic heterocycles. The first-order valence-electron chi connectivity index (χ1n) is 5.91. The second kappa shape index (κ2) is 3.25. The fraction of sp³-hybridized carbons (Fsp3) is 1.00. The van der Waals surface area contributed by atoms with E-state index in [1.807, 2.05) is 0 Å². The molecular formula is C11H20N2. The highest BCUT2D eigenvalue weighted by atomic mass is 15.6. The Morgan fingerprint density at radius 3 is 1.38 bits per heavy atom. The van der Waals surface area contributed by atoms with Crippen molar-refractivity contribution < 1.29 is 0 Å². The van der Waals surface area contributed by atoms with E-state index in [9.17, 15) is 0 Å². The molecule has 0 spiro atoms. The Morgan fingerprint density at radius 1 is 0.615 bits per heavy atom. The van der Waals surface area contributed by atoms with Crippen LogP contribution in [0.2, 0.25) is 0 Å². The summed E-state index contributed by atoms with van der Waals surface area (Å²) < 4.78 is 0. The van der Waals surface area contributed by atoms with Gasteiger partial charge in [-0.3, -0.25) is 0 Å². The van der Waals surface area contributed by atoms with Gasteiger partial charge in [0.05, 0.1) is 0 Å². The zero-order valence-electron chi connectivity index (χ0n) is 8.41. The minimum Gasteiger partial charge on any atom is -0.242 e. The lowest BCUT2D eigenvalue weighted by Gasteiger charge is -2.39. The quantitative estimate of drug-likeness (QED) is 0.560. The van der Waals surface area contributed by atoms with Crippen LogP contribution in [0.5, 0.6) is 0 Å². The van der Waals surface area contributed by atoms with Crippen molar-refractivity contribution >= 4 is 0 Å². The fourth-order valence-corrected chi connectivity index (χ4v) is 3.35. The first kappa shape index (κ1) is 8.25. The third kappa shape index (κ3) is 1.50. The first-order valence-corrected chi connectivity index (χ1v) is 5.91. The smallest absolute Gasteiger partial charge is 0.0136 e. The summed E-state index contributed by atoms with van der Waals surface area (Å²) in [6, 6.07) is 0. The van der Waals surface area contributed by atoms with Crippen molar-refractivity contribution in [3.05, 3.63) is 0 Å². The molecule has 6 fully saturated rings. The SMILES string of the molecule is C1CN2CCC1CC1CCN2CC1. The second-order valence-corrected chi connectivity index (χ2v) is 5.03. The van der Waals surface area contributed by atoms with E-state index in [-0.39, 0.29) is 0 Å². The number of hydrogen-bond acceptors (Lipinski definition) is 2. The Balaban J connectivity index is 1.82. The largest absolute Gasteiger partial charge is 0.242 e. The van der Waals surface area contributed by atoms with E-state index in [0.29, 0.717) is 0 Å². The van der Waals surface area contributed by atoms with Crippen LogP contribution in [0.3, 0.4) is 0 Å². The molecule has 0 saturated carbocycles. The third-order valence-corrected chi connectivity index (χ3v) is 4.25. The van der Waals surface area contributed by atoms with E-state index in [4.69, 9.17) is 0 Å². The highest BCUT2D eigenvalue weighted by Gasteiger charge is 2.31. The van der Waals surface area contributed by atoms with Crippen LogP contribution in [0, 0.1) is 11.8 Å². The molecule has 0 aromatic rings. The van der Waals surface area contributed by atoms with Crippen molar-refractivity contribution in [3.8, 4) is 0 Å². The van der Waals surface area contributed by atoms with Crippen molar-refractivity contribution in [2.75, 3.05) is 26.2 Å². The zero-order chi connectivity index (χ0) is 8.67. The van der Waals surface area contributed by atoms with Crippen molar-refractivity contribution in [1.82, 2.24) is 10.0 Å². The Morgan fingerprint density at radius 2 is 1.00 bits per heavy atom.